The number of likely N-dealkylation sites (tertiary alicyclic amines) is 1. The van der Waals surface area contributed by atoms with Crippen LogP contribution in [-0.4, -0.2) is 58.8 Å². The second kappa shape index (κ2) is 10.4. The van der Waals surface area contributed by atoms with Crippen molar-refractivity contribution < 1.29 is 9.53 Å². The molecule has 5 rings (SSSR count). The first-order valence-corrected chi connectivity index (χ1v) is 12.3. The maximum absolute atomic E-state index is 13.3. The van der Waals surface area contributed by atoms with Crippen molar-refractivity contribution in [1.29, 1.82) is 0 Å². The summed E-state index contributed by atoms with van der Waals surface area (Å²) < 4.78 is 8.92. The van der Waals surface area contributed by atoms with E-state index >= 15 is 0 Å². The lowest BCUT2D eigenvalue weighted by molar-refractivity contribution is 0.0694. The first-order chi connectivity index (χ1) is 17.6. The van der Waals surface area contributed by atoms with E-state index in [1.807, 2.05) is 77.2 Å². The van der Waals surface area contributed by atoms with E-state index in [0.717, 1.165) is 35.2 Å². The van der Waals surface area contributed by atoms with E-state index < -0.39 is 0 Å². The van der Waals surface area contributed by atoms with Gasteiger partial charge in [-0.25, -0.2) is 4.79 Å². The van der Waals surface area contributed by atoms with E-state index in [0.29, 0.717) is 31.8 Å². The second-order valence-corrected chi connectivity index (χ2v) is 9.12. The van der Waals surface area contributed by atoms with Gasteiger partial charge in [0.25, 0.3) is 5.91 Å². The van der Waals surface area contributed by atoms with Gasteiger partial charge in [-0.1, -0.05) is 12.1 Å². The Bertz CT molecular complexity index is 1390. The summed E-state index contributed by atoms with van der Waals surface area (Å²) in [5.41, 5.74) is 4.57. The molecule has 2 aromatic heterocycles. The number of amides is 1. The predicted octanol–water partition coefficient (Wildman–Crippen LogP) is 4.09. The van der Waals surface area contributed by atoms with Gasteiger partial charge in [0.1, 0.15) is 0 Å². The molecule has 2 aromatic carbocycles. The number of aromatic nitrogens is 3. The molecular weight excluding hydrogens is 454 g/mol. The Morgan fingerprint density at radius 1 is 0.972 bits per heavy atom. The van der Waals surface area contributed by atoms with Crippen molar-refractivity contribution in [1.82, 2.24) is 19.0 Å². The molecule has 0 atom stereocenters. The number of hydrogen-bond acceptors (Lipinski definition) is 5. The monoisotopic (exact) mass is 485 g/mol. The molecular formula is C28H31N5O3. The minimum Gasteiger partial charge on any atom is -0.383 e. The first-order valence-electron chi connectivity index (χ1n) is 12.3. The van der Waals surface area contributed by atoms with Crippen molar-refractivity contribution in [2.24, 2.45) is 0 Å². The van der Waals surface area contributed by atoms with Gasteiger partial charge >= 0.3 is 5.69 Å². The maximum atomic E-state index is 13.3. The summed E-state index contributed by atoms with van der Waals surface area (Å²) >= 11 is 0. The second-order valence-electron chi connectivity index (χ2n) is 9.12. The number of ether oxygens (including phenoxy) is 1. The zero-order valence-electron chi connectivity index (χ0n) is 20.7. The summed E-state index contributed by atoms with van der Waals surface area (Å²) in [6.07, 6.45) is 5.01. The number of benzene rings is 2. The van der Waals surface area contributed by atoms with Crippen LogP contribution in [0.5, 0.6) is 0 Å². The highest BCUT2D eigenvalue weighted by Gasteiger charge is 2.27. The van der Waals surface area contributed by atoms with Crippen LogP contribution in [0, 0.1) is 0 Å². The van der Waals surface area contributed by atoms with E-state index in [1.165, 1.54) is 0 Å². The van der Waals surface area contributed by atoms with Crippen molar-refractivity contribution in [3.63, 3.8) is 0 Å². The third-order valence-corrected chi connectivity index (χ3v) is 7.06. The van der Waals surface area contributed by atoms with Gasteiger partial charge < -0.3 is 14.5 Å². The summed E-state index contributed by atoms with van der Waals surface area (Å²) in [5, 5.41) is 0. The van der Waals surface area contributed by atoms with Gasteiger partial charge in [-0.05, 0) is 61.4 Å². The number of piperidine rings is 1. The predicted molar refractivity (Wildman–Crippen MR) is 141 cm³/mol. The topological polar surface area (TPSA) is 72.6 Å². The first kappa shape index (κ1) is 23.8. The quantitative estimate of drug-likeness (QED) is 0.394. The highest BCUT2D eigenvalue weighted by atomic mass is 16.5. The van der Waals surface area contributed by atoms with Crippen LogP contribution < -0.4 is 10.6 Å². The highest BCUT2D eigenvalue weighted by Crippen LogP contribution is 2.28. The lowest BCUT2D eigenvalue weighted by atomic mass is 10.0. The van der Waals surface area contributed by atoms with Crippen molar-refractivity contribution in [3.05, 3.63) is 89.1 Å². The largest absolute Gasteiger partial charge is 0.383 e. The number of rotatable bonds is 7. The molecule has 1 amide bonds. The Kier molecular flexibility index (Phi) is 6.86. The van der Waals surface area contributed by atoms with Crippen LogP contribution in [0.15, 0.2) is 77.9 Å². The SMILES string of the molecule is COCCn1c(=O)n(C2CCN(C(=O)c3ccc(N(C)c4ccncc4)cc3)CC2)c2ccccc21. The number of anilines is 2. The Balaban J connectivity index is 1.28. The van der Waals surface area contributed by atoms with Crippen LogP contribution in [0.4, 0.5) is 11.4 Å². The molecule has 3 heterocycles. The minimum atomic E-state index is -0.00747. The summed E-state index contributed by atoms with van der Waals surface area (Å²) in [5.74, 6) is 0.0291. The Hall–Kier alpha value is -3.91. The number of hydrogen-bond donors (Lipinski definition) is 0. The van der Waals surface area contributed by atoms with Gasteiger partial charge in [-0.15, -0.1) is 0 Å². The lowest BCUT2D eigenvalue weighted by Crippen LogP contribution is -2.41. The number of pyridine rings is 1. The number of carbonyl (C=O) groups excluding carboxylic acids is 1. The van der Waals surface area contributed by atoms with Gasteiger partial charge in [0.2, 0.25) is 0 Å². The fraction of sp³-hybridized carbons (Fsp3) is 0.321. The summed E-state index contributed by atoms with van der Waals surface area (Å²) in [7, 11) is 3.63. The third kappa shape index (κ3) is 4.52. The molecule has 0 unspecified atom stereocenters. The van der Waals surface area contributed by atoms with Crippen LogP contribution in [0.3, 0.4) is 0 Å². The lowest BCUT2D eigenvalue weighted by Gasteiger charge is -2.32. The van der Waals surface area contributed by atoms with Crippen LogP contribution in [0.1, 0.15) is 29.2 Å². The molecule has 0 bridgehead atoms. The van der Waals surface area contributed by atoms with E-state index in [-0.39, 0.29) is 17.6 Å². The molecule has 8 heteroatoms. The molecule has 8 nitrogen and oxygen atoms in total. The smallest absolute Gasteiger partial charge is 0.329 e. The van der Waals surface area contributed by atoms with E-state index in [2.05, 4.69) is 9.88 Å². The number of para-hydroxylation sites is 2. The van der Waals surface area contributed by atoms with Crippen LogP contribution in [0.25, 0.3) is 11.0 Å². The molecule has 0 aliphatic carbocycles. The molecule has 0 saturated carbocycles. The minimum absolute atomic E-state index is 0.00747. The maximum Gasteiger partial charge on any atom is 0.329 e. The third-order valence-electron chi connectivity index (χ3n) is 7.06. The molecule has 36 heavy (non-hydrogen) atoms. The Labute approximate surface area is 210 Å². The molecule has 0 radical (unpaired) electrons. The average molecular weight is 486 g/mol. The molecule has 0 N–H and O–H groups in total. The number of fused-ring (bicyclic) bond motifs is 1. The fourth-order valence-electron chi connectivity index (χ4n) is 5.04. The molecule has 1 aliphatic heterocycles. The van der Waals surface area contributed by atoms with E-state index in [1.54, 1.807) is 24.1 Å². The van der Waals surface area contributed by atoms with E-state index in [9.17, 15) is 9.59 Å². The van der Waals surface area contributed by atoms with Crippen LogP contribution in [0.2, 0.25) is 0 Å². The molecule has 0 spiro atoms. The zero-order chi connectivity index (χ0) is 25.1. The van der Waals surface area contributed by atoms with Gasteiger partial charge in [0.05, 0.1) is 24.2 Å². The Morgan fingerprint density at radius 2 is 1.61 bits per heavy atom. The average Bonchev–Trinajstić information content (AvgIpc) is 3.22. The normalized spacial score (nSPS) is 14.3. The van der Waals surface area contributed by atoms with Gasteiger partial charge in [0, 0.05) is 62.6 Å². The van der Waals surface area contributed by atoms with Gasteiger partial charge in [-0.3, -0.25) is 18.9 Å². The van der Waals surface area contributed by atoms with Crippen LogP contribution in [-0.2, 0) is 11.3 Å². The number of nitrogens with zero attached hydrogens (tertiary/aromatic N) is 5. The van der Waals surface area contributed by atoms with Crippen molar-refractivity contribution in [2.45, 2.75) is 25.4 Å². The van der Waals surface area contributed by atoms with Crippen molar-refractivity contribution >= 4 is 28.3 Å². The summed E-state index contributed by atoms with van der Waals surface area (Å²) in [6, 6.07) is 19.6. The zero-order valence-corrected chi connectivity index (χ0v) is 20.7. The number of methoxy groups -OCH3 is 1. The molecule has 1 saturated heterocycles. The summed E-state index contributed by atoms with van der Waals surface area (Å²) in [6.45, 7) is 2.24. The molecule has 186 valence electrons. The number of carbonyl (C=O) groups is 1. The highest BCUT2D eigenvalue weighted by molar-refractivity contribution is 5.94. The number of imidazole rings is 1. The van der Waals surface area contributed by atoms with Gasteiger partial charge in [-0.2, -0.15) is 0 Å². The van der Waals surface area contributed by atoms with Crippen molar-refractivity contribution in [2.75, 3.05) is 38.8 Å². The summed E-state index contributed by atoms with van der Waals surface area (Å²) in [4.78, 5) is 34.5. The molecule has 1 aliphatic rings. The Morgan fingerprint density at radius 3 is 2.28 bits per heavy atom. The standard InChI is InChI=1S/C28H31N5O3/c1-30(23-11-15-29-16-12-23)22-9-7-21(8-10-22)27(34)31-17-13-24(14-18-31)33-26-6-4-3-5-25(26)32(28(33)35)19-20-36-2/h3-12,15-16,24H,13-14,17-20H2,1-2H3. The van der Waals surface area contributed by atoms with Gasteiger partial charge in [0.15, 0.2) is 0 Å². The molecule has 4 aromatic rings. The van der Waals surface area contributed by atoms with Crippen LogP contribution >= 0.6 is 0 Å². The van der Waals surface area contributed by atoms with E-state index in [4.69, 9.17) is 4.74 Å². The fourth-order valence-corrected chi connectivity index (χ4v) is 5.04. The van der Waals surface area contributed by atoms with Crippen molar-refractivity contribution in [3.8, 4) is 0 Å². The molecule has 1 fully saturated rings.